The number of pyridine rings is 3. The fraction of sp³-hybridized carbons (Fsp3) is 0.342. The third-order valence-electron chi connectivity index (χ3n) is 9.78. The second-order valence-electron chi connectivity index (χ2n) is 13.0. The molecule has 1 aliphatic carbocycles. The Morgan fingerprint density at radius 2 is 1.94 bits per heavy atom. The van der Waals surface area contributed by atoms with Gasteiger partial charge in [-0.05, 0) is 47.4 Å². The number of aromatic nitrogens is 3. The highest BCUT2D eigenvalue weighted by atomic mass is 35.5. The molecule has 3 aliphatic rings. The largest absolute Gasteiger partial charge is 0.481 e. The number of hydrogen-bond acceptors (Lipinski definition) is 9. The van der Waals surface area contributed by atoms with Gasteiger partial charge in [-0.1, -0.05) is 54.1 Å². The molecular weight excluding hydrogens is 675 g/mol. The van der Waals surface area contributed by atoms with Crippen molar-refractivity contribution in [3.8, 4) is 5.88 Å². The minimum atomic E-state index is -1.01. The van der Waals surface area contributed by atoms with Crippen LogP contribution in [0.25, 0.3) is 16.5 Å². The molecule has 4 aromatic rings. The molecule has 3 aromatic heterocycles. The zero-order valence-corrected chi connectivity index (χ0v) is 29.4. The lowest BCUT2D eigenvalue weighted by Crippen LogP contribution is -2.49. The number of likely N-dealkylation sites (tertiary alicyclic amines) is 1. The summed E-state index contributed by atoms with van der Waals surface area (Å²) in [6.07, 6.45) is 11.1. The van der Waals surface area contributed by atoms with E-state index in [1.54, 1.807) is 7.11 Å². The molecule has 2 saturated heterocycles. The smallest absolute Gasteiger partial charge is 0.311 e. The van der Waals surface area contributed by atoms with Gasteiger partial charge in [-0.25, -0.2) is 4.98 Å². The standard InChI is InChI=1S/C38H38Cl2N6O4/c1-49-36-24(17-41-19-27-10-12-34(47)44-27)9-11-32(45-36)38(13-5-7-29(35(38)40)28-6-3-4-8-30(28)39)33-15-31-25(18-43-33)14-23(16-42-31)20-46-21-26(22-46)37(48)50-2/h3-9,11,13-16,18,26-27,35,41H,10,12,17,19-22H2,1-2H3,(H,44,47)/t27?,35-,38?/m1/s1. The number of benzene rings is 1. The predicted octanol–water partition coefficient (Wildman–Crippen LogP) is 5.21. The van der Waals surface area contributed by atoms with Crippen LogP contribution in [0.1, 0.15) is 40.9 Å². The maximum atomic E-state index is 11.8. The molecular formula is C38H38Cl2N6O4. The first-order valence-electron chi connectivity index (χ1n) is 16.7. The van der Waals surface area contributed by atoms with Gasteiger partial charge in [-0.15, -0.1) is 11.6 Å². The Morgan fingerprint density at radius 3 is 2.70 bits per heavy atom. The first-order chi connectivity index (χ1) is 24.3. The van der Waals surface area contributed by atoms with Gasteiger partial charge in [0.1, 0.15) is 0 Å². The number of nitrogens with zero attached hydrogens (tertiary/aromatic N) is 4. The summed E-state index contributed by atoms with van der Waals surface area (Å²) < 4.78 is 10.7. The zero-order valence-electron chi connectivity index (χ0n) is 27.9. The second kappa shape index (κ2) is 14.5. The van der Waals surface area contributed by atoms with Gasteiger partial charge in [-0.3, -0.25) is 24.5 Å². The molecule has 10 nitrogen and oxygen atoms in total. The van der Waals surface area contributed by atoms with Crippen LogP contribution in [0.15, 0.2) is 79.2 Å². The fourth-order valence-corrected chi connectivity index (χ4v) is 7.81. The van der Waals surface area contributed by atoms with Crippen LogP contribution in [0, 0.1) is 5.92 Å². The number of rotatable bonds is 11. The number of amides is 1. The first-order valence-corrected chi connectivity index (χ1v) is 17.5. The number of nitrogens with one attached hydrogen (secondary N) is 2. The van der Waals surface area contributed by atoms with Gasteiger partial charge in [0.15, 0.2) is 0 Å². The third-order valence-corrected chi connectivity index (χ3v) is 10.7. The summed E-state index contributed by atoms with van der Waals surface area (Å²) in [7, 11) is 3.03. The van der Waals surface area contributed by atoms with Crippen molar-refractivity contribution >= 4 is 51.6 Å². The van der Waals surface area contributed by atoms with Gasteiger partial charge in [0.25, 0.3) is 0 Å². The summed E-state index contributed by atoms with van der Waals surface area (Å²) in [6.45, 7) is 3.18. The van der Waals surface area contributed by atoms with Crippen LogP contribution in [0.3, 0.4) is 0 Å². The van der Waals surface area contributed by atoms with E-state index in [4.69, 9.17) is 47.6 Å². The van der Waals surface area contributed by atoms with Crippen molar-refractivity contribution < 1.29 is 19.1 Å². The quantitative estimate of drug-likeness (QED) is 0.160. The SMILES string of the molecule is COC(=O)C1CN(Cc2cnc3cc(C4(c5ccc(CNCC6CCC(=O)N6)c(OC)n5)C=CC=C(c5ccccc5Cl)[C@H]4Cl)ncc3c2)C1. The van der Waals surface area contributed by atoms with Crippen LogP contribution in [-0.2, 0) is 32.8 Å². The number of ether oxygens (including phenoxy) is 2. The van der Waals surface area contributed by atoms with E-state index in [0.717, 1.165) is 39.6 Å². The topological polar surface area (TPSA) is 119 Å². The van der Waals surface area contributed by atoms with E-state index in [0.29, 0.717) is 61.4 Å². The van der Waals surface area contributed by atoms with Crippen LogP contribution in [0.5, 0.6) is 5.88 Å². The van der Waals surface area contributed by atoms with E-state index >= 15 is 0 Å². The van der Waals surface area contributed by atoms with Crippen LogP contribution < -0.4 is 15.4 Å². The number of halogens is 2. The number of alkyl halides is 1. The maximum absolute atomic E-state index is 11.8. The summed E-state index contributed by atoms with van der Waals surface area (Å²) in [5.74, 6) is 0.315. The Morgan fingerprint density at radius 1 is 1.10 bits per heavy atom. The van der Waals surface area contributed by atoms with Gasteiger partial charge < -0.3 is 20.1 Å². The first kappa shape index (κ1) is 34.1. The maximum Gasteiger partial charge on any atom is 0.311 e. The van der Waals surface area contributed by atoms with Crippen molar-refractivity contribution in [1.82, 2.24) is 30.5 Å². The molecule has 0 saturated carbocycles. The minimum Gasteiger partial charge on any atom is -0.481 e. The predicted molar refractivity (Wildman–Crippen MR) is 193 cm³/mol. The van der Waals surface area contributed by atoms with E-state index in [9.17, 15) is 9.59 Å². The van der Waals surface area contributed by atoms with Crippen LogP contribution in [0.2, 0.25) is 5.02 Å². The number of carbonyl (C=O) groups is 2. The Balaban J connectivity index is 1.22. The van der Waals surface area contributed by atoms with Crippen molar-refractivity contribution in [2.75, 3.05) is 33.9 Å². The Kier molecular flexibility index (Phi) is 9.88. The average Bonchev–Trinajstić information content (AvgIpc) is 3.54. The Bertz CT molecular complexity index is 2000. The lowest BCUT2D eigenvalue weighted by Gasteiger charge is -2.38. The van der Waals surface area contributed by atoms with E-state index in [1.165, 1.54) is 7.11 Å². The van der Waals surface area contributed by atoms with Gasteiger partial charge in [-0.2, -0.15) is 0 Å². The Hall–Kier alpha value is -4.35. The summed E-state index contributed by atoms with van der Waals surface area (Å²) in [4.78, 5) is 40.6. The molecule has 7 rings (SSSR count). The molecule has 2 aliphatic heterocycles. The second-order valence-corrected chi connectivity index (χ2v) is 13.9. The summed E-state index contributed by atoms with van der Waals surface area (Å²) in [5.41, 5.74) is 4.70. The summed E-state index contributed by atoms with van der Waals surface area (Å²) in [5, 5.41) is 7.27. The van der Waals surface area contributed by atoms with Crippen molar-refractivity contribution in [3.05, 3.63) is 112 Å². The molecule has 0 spiro atoms. The molecule has 2 fully saturated rings. The highest BCUT2D eigenvalue weighted by Gasteiger charge is 2.46. The molecule has 2 unspecified atom stereocenters. The van der Waals surface area contributed by atoms with Crippen molar-refractivity contribution in [2.45, 2.75) is 42.8 Å². The molecule has 12 heteroatoms. The van der Waals surface area contributed by atoms with Crippen molar-refractivity contribution in [2.24, 2.45) is 5.92 Å². The Labute approximate surface area is 300 Å². The average molecular weight is 714 g/mol. The molecule has 50 heavy (non-hydrogen) atoms. The lowest BCUT2D eigenvalue weighted by molar-refractivity contribution is -0.151. The highest BCUT2D eigenvalue weighted by Crippen LogP contribution is 2.48. The summed E-state index contributed by atoms with van der Waals surface area (Å²) in [6, 6.07) is 15.8. The molecule has 2 N–H and O–H groups in total. The molecule has 0 bridgehead atoms. The van der Waals surface area contributed by atoms with Gasteiger partial charge in [0, 0.05) is 73.6 Å². The third kappa shape index (κ3) is 6.60. The number of allylic oxidation sites excluding steroid dienone is 4. The van der Waals surface area contributed by atoms with E-state index in [-0.39, 0.29) is 23.8 Å². The monoisotopic (exact) mass is 712 g/mol. The van der Waals surface area contributed by atoms with Gasteiger partial charge >= 0.3 is 5.97 Å². The molecule has 5 heterocycles. The molecule has 1 aromatic carbocycles. The van der Waals surface area contributed by atoms with Crippen LogP contribution >= 0.6 is 23.2 Å². The lowest BCUT2D eigenvalue weighted by atomic mass is 9.70. The van der Waals surface area contributed by atoms with Crippen LogP contribution in [-0.4, -0.2) is 77.0 Å². The van der Waals surface area contributed by atoms with Gasteiger partial charge in [0.05, 0.1) is 47.8 Å². The van der Waals surface area contributed by atoms with E-state index in [2.05, 4.69) is 21.6 Å². The fourth-order valence-electron chi connectivity index (χ4n) is 7.08. The molecule has 0 radical (unpaired) electrons. The number of hydrogen-bond donors (Lipinski definition) is 2. The van der Waals surface area contributed by atoms with Gasteiger partial charge in [0.2, 0.25) is 11.8 Å². The normalized spacial score (nSPS) is 22.2. The highest BCUT2D eigenvalue weighted by molar-refractivity contribution is 6.34. The van der Waals surface area contributed by atoms with E-state index in [1.807, 2.05) is 73.1 Å². The van der Waals surface area contributed by atoms with Crippen molar-refractivity contribution in [1.29, 1.82) is 0 Å². The number of fused-ring (bicyclic) bond motifs is 1. The summed E-state index contributed by atoms with van der Waals surface area (Å²) >= 11 is 14.3. The number of esters is 1. The van der Waals surface area contributed by atoms with Crippen molar-refractivity contribution in [3.63, 3.8) is 0 Å². The van der Waals surface area contributed by atoms with Crippen LogP contribution in [0.4, 0.5) is 0 Å². The minimum absolute atomic E-state index is 0.0793. The zero-order chi connectivity index (χ0) is 34.8. The number of methoxy groups -OCH3 is 2. The molecule has 3 atom stereocenters. The van der Waals surface area contributed by atoms with E-state index < -0.39 is 10.8 Å². The molecule has 1 amide bonds. The molecule has 258 valence electrons. The number of carbonyl (C=O) groups excluding carboxylic acids is 2.